The Kier molecular flexibility index (Phi) is 3.74. The first-order chi connectivity index (χ1) is 12.7. The van der Waals surface area contributed by atoms with E-state index in [0.717, 1.165) is 60.3 Å². The van der Waals surface area contributed by atoms with Crippen molar-refractivity contribution >= 4 is 33.1 Å². The summed E-state index contributed by atoms with van der Waals surface area (Å²) < 4.78 is 1.77. The van der Waals surface area contributed by atoms with Gasteiger partial charge in [-0.1, -0.05) is 6.92 Å². The van der Waals surface area contributed by atoms with Crippen molar-refractivity contribution in [1.29, 1.82) is 0 Å². The van der Waals surface area contributed by atoms with E-state index in [1.807, 2.05) is 11.8 Å². The number of rotatable bonds is 2. The Morgan fingerprint density at radius 3 is 2.96 bits per heavy atom. The van der Waals surface area contributed by atoms with Gasteiger partial charge in [-0.25, -0.2) is 9.97 Å². The molecule has 1 saturated heterocycles. The topological polar surface area (TPSA) is 63.4 Å². The molecular formula is C19H23N5OS. The Hall–Kier alpha value is -2.02. The van der Waals surface area contributed by atoms with Crippen LogP contribution in [0.1, 0.15) is 65.9 Å². The van der Waals surface area contributed by atoms with Crippen molar-refractivity contribution in [2.45, 2.75) is 64.8 Å². The fraction of sp³-hybridized carbons (Fsp3) is 0.579. The molecule has 3 aromatic heterocycles. The van der Waals surface area contributed by atoms with Crippen LogP contribution in [0.15, 0.2) is 0 Å². The molecule has 1 aliphatic heterocycles. The molecule has 0 spiro atoms. The fourth-order valence-electron chi connectivity index (χ4n) is 4.50. The minimum absolute atomic E-state index is 0.0281. The Bertz CT molecular complexity index is 1020. The molecule has 0 bridgehead atoms. The molecule has 0 aromatic carbocycles. The highest BCUT2D eigenvalue weighted by Crippen LogP contribution is 2.38. The average molecular weight is 369 g/mol. The highest BCUT2D eigenvalue weighted by molar-refractivity contribution is 7.19. The number of aromatic nitrogens is 4. The molecule has 0 saturated carbocycles. The van der Waals surface area contributed by atoms with Crippen LogP contribution in [0.2, 0.25) is 0 Å². The molecule has 26 heavy (non-hydrogen) atoms. The minimum atomic E-state index is -0.0281. The zero-order valence-corrected chi connectivity index (χ0v) is 16.1. The van der Waals surface area contributed by atoms with E-state index in [0.29, 0.717) is 11.9 Å². The monoisotopic (exact) mass is 369 g/mol. The summed E-state index contributed by atoms with van der Waals surface area (Å²) in [6, 6.07) is 0.312. The normalized spacial score (nSPS) is 20.2. The van der Waals surface area contributed by atoms with Gasteiger partial charge in [-0.05, 0) is 57.4 Å². The van der Waals surface area contributed by atoms with Gasteiger partial charge in [0.1, 0.15) is 10.7 Å². The maximum Gasteiger partial charge on any atom is 0.293 e. The number of carbonyl (C=O) groups is 1. The lowest BCUT2D eigenvalue weighted by Crippen LogP contribution is -2.43. The van der Waals surface area contributed by atoms with Crippen LogP contribution in [-0.4, -0.2) is 43.0 Å². The first kappa shape index (κ1) is 16.2. The molecular weight excluding hydrogens is 346 g/mol. The molecule has 1 amide bonds. The zero-order valence-electron chi connectivity index (χ0n) is 15.3. The van der Waals surface area contributed by atoms with Crippen molar-refractivity contribution in [2.75, 3.05) is 6.54 Å². The number of thiophene rings is 1. The van der Waals surface area contributed by atoms with Crippen molar-refractivity contribution in [2.24, 2.45) is 0 Å². The van der Waals surface area contributed by atoms with Gasteiger partial charge in [-0.3, -0.25) is 4.79 Å². The quantitative estimate of drug-likeness (QED) is 0.693. The van der Waals surface area contributed by atoms with Crippen LogP contribution in [0.3, 0.4) is 0 Å². The standard InChI is InChI=1S/C19H23N5OS/c1-3-12-7-4-5-10-23(12)19(25)16-21-17-15-13-8-6-9-14(13)26-18(15)20-11(2)24(17)22-16/h12H,3-10H2,1-2H3/t12-/m1/s1. The van der Waals surface area contributed by atoms with E-state index < -0.39 is 0 Å². The number of nitrogens with zero attached hydrogens (tertiary/aromatic N) is 5. The van der Waals surface area contributed by atoms with E-state index in [-0.39, 0.29) is 5.91 Å². The predicted octanol–water partition coefficient (Wildman–Crippen LogP) is 3.54. The van der Waals surface area contributed by atoms with Gasteiger partial charge < -0.3 is 4.90 Å². The molecule has 1 aliphatic carbocycles. The second kappa shape index (κ2) is 6.01. The summed E-state index contributed by atoms with van der Waals surface area (Å²) in [6.07, 6.45) is 7.75. The van der Waals surface area contributed by atoms with E-state index in [9.17, 15) is 4.79 Å². The van der Waals surface area contributed by atoms with E-state index in [2.05, 4.69) is 12.0 Å². The highest BCUT2D eigenvalue weighted by atomic mass is 32.1. The molecule has 0 radical (unpaired) electrons. The summed E-state index contributed by atoms with van der Waals surface area (Å²) in [5.74, 6) is 1.09. The summed E-state index contributed by atoms with van der Waals surface area (Å²) >= 11 is 1.78. The highest BCUT2D eigenvalue weighted by Gasteiger charge is 2.30. The SMILES string of the molecule is CC[C@@H]1CCCCN1C(=O)c1nc2c3c4c(sc3nc(C)n2n1)CCC4. The van der Waals surface area contributed by atoms with E-state index in [1.54, 1.807) is 15.9 Å². The summed E-state index contributed by atoms with van der Waals surface area (Å²) in [5.41, 5.74) is 2.18. The average Bonchev–Trinajstić information content (AvgIpc) is 3.34. The van der Waals surface area contributed by atoms with Crippen molar-refractivity contribution in [3.8, 4) is 0 Å². The van der Waals surface area contributed by atoms with Crippen molar-refractivity contribution in [3.05, 3.63) is 22.1 Å². The van der Waals surface area contributed by atoms with Gasteiger partial charge in [0, 0.05) is 17.5 Å². The molecule has 1 fully saturated rings. The Balaban J connectivity index is 1.64. The summed E-state index contributed by atoms with van der Waals surface area (Å²) in [5, 5.41) is 5.68. The Morgan fingerprint density at radius 1 is 1.23 bits per heavy atom. The number of fused-ring (bicyclic) bond motifs is 5. The molecule has 0 N–H and O–H groups in total. The molecule has 0 unspecified atom stereocenters. The number of hydrogen-bond donors (Lipinski definition) is 0. The fourth-order valence-corrected chi connectivity index (χ4v) is 5.81. The van der Waals surface area contributed by atoms with Crippen LogP contribution >= 0.6 is 11.3 Å². The Morgan fingerprint density at radius 2 is 2.12 bits per heavy atom. The van der Waals surface area contributed by atoms with E-state index in [4.69, 9.17) is 9.97 Å². The number of carbonyl (C=O) groups excluding carboxylic acids is 1. The van der Waals surface area contributed by atoms with Crippen LogP contribution in [0.5, 0.6) is 0 Å². The molecule has 136 valence electrons. The third kappa shape index (κ3) is 2.29. The van der Waals surface area contributed by atoms with Crippen LogP contribution in [0, 0.1) is 6.92 Å². The number of likely N-dealkylation sites (tertiary alicyclic amines) is 1. The lowest BCUT2D eigenvalue weighted by atomic mass is 10.00. The van der Waals surface area contributed by atoms with Gasteiger partial charge in [0.2, 0.25) is 5.82 Å². The van der Waals surface area contributed by atoms with E-state index in [1.165, 1.54) is 23.3 Å². The molecule has 4 heterocycles. The maximum atomic E-state index is 13.1. The molecule has 7 heteroatoms. The van der Waals surface area contributed by atoms with Crippen LogP contribution in [0.25, 0.3) is 15.9 Å². The van der Waals surface area contributed by atoms with Crippen LogP contribution in [-0.2, 0) is 12.8 Å². The molecule has 5 rings (SSSR count). The second-order valence-electron chi connectivity index (χ2n) is 7.42. The second-order valence-corrected chi connectivity index (χ2v) is 8.51. The third-order valence-electron chi connectivity index (χ3n) is 5.85. The lowest BCUT2D eigenvalue weighted by Gasteiger charge is -2.34. The number of aryl methyl sites for hydroxylation is 3. The van der Waals surface area contributed by atoms with Gasteiger partial charge in [-0.15, -0.1) is 16.4 Å². The molecule has 1 atom stereocenters. The number of amides is 1. The molecule has 2 aliphatic rings. The summed E-state index contributed by atoms with van der Waals surface area (Å²) in [4.78, 5) is 27.0. The summed E-state index contributed by atoms with van der Waals surface area (Å²) in [7, 11) is 0. The molecule has 3 aromatic rings. The minimum Gasteiger partial charge on any atom is -0.333 e. The van der Waals surface area contributed by atoms with Gasteiger partial charge in [0.05, 0.1) is 5.39 Å². The predicted molar refractivity (Wildman–Crippen MR) is 102 cm³/mol. The number of hydrogen-bond acceptors (Lipinski definition) is 5. The lowest BCUT2D eigenvalue weighted by molar-refractivity contribution is 0.0595. The van der Waals surface area contributed by atoms with Crippen molar-refractivity contribution in [1.82, 2.24) is 24.5 Å². The van der Waals surface area contributed by atoms with Gasteiger partial charge in [0.25, 0.3) is 5.91 Å². The third-order valence-corrected chi connectivity index (χ3v) is 7.04. The molecule has 6 nitrogen and oxygen atoms in total. The number of piperidine rings is 1. The largest absolute Gasteiger partial charge is 0.333 e. The zero-order chi connectivity index (χ0) is 17.8. The van der Waals surface area contributed by atoms with Crippen molar-refractivity contribution in [3.63, 3.8) is 0 Å². The smallest absolute Gasteiger partial charge is 0.293 e. The van der Waals surface area contributed by atoms with Crippen molar-refractivity contribution < 1.29 is 4.79 Å². The first-order valence-corrected chi connectivity index (χ1v) is 10.5. The Labute approximate surface area is 156 Å². The van der Waals surface area contributed by atoms with Crippen LogP contribution in [0.4, 0.5) is 0 Å². The van der Waals surface area contributed by atoms with E-state index >= 15 is 0 Å². The van der Waals surface area contributed by atoms with Gasteiger partial charge in [-0.2, -0.15) is 4.52 Å². The van der Waals surface area contributed by atoms with Gasteiger partial charge in [0.15, 0.2) is 5.65 Å². The summed E-state index contributed by atoms with van der Waals surface area (Å²) in [6.45, 7) is 4.91. The maximum absolute atomic E-state index is 13.1. The van der Waals surface area contributed by atoms with Gasteiger partial charge >= 0.3 is 0 Å². The first-order valence-electron chi connectivity index (χ1n) is 9.66. The van der Waals surface area contributed by atoms with Crippen LogP contribution < -0.4 is 0 Å².